The summed E-state index contributed by atoms with van der Waals surface area (Å²) in [6.07, 6.45) is 10.2. The third-order valence-electron chi connectivity index (χ3n) is 6.53. The second-order valence-electron chi connectivity index (χ2n) is 8.86. The number of H-pyrrole nitrogens is 1. The summed E-state index contributed by atoms with van der Waals surface area (Å²) in [6.45, 7) is 2.63. The molecule has 0 saturated carbocycles. The van der Waals surface area contributed by atoms with E-state index in [9.17, 15) is 9.50 Å². The van der Waals surface area contributed by atoms with Crippen LogP contribution in [0.25, 0.3) is 11.1 Å². The van der Waals surface area contributed by atoms with E-state index in [1.807, 2.05) is 31.7 Å². The van der Waals surface area contributed by atoms with E-state index in [-0.39, 0.29) is 18.3 Å². The first-order valence-electron chi connectivity index (χ1n) is 12.0. The van der Waals surface area contributed by atoms with Crippen molar-refractivity contribution in [3.8, 4) is 11.1 Å². The number of piperazine rings is 1. The fourth-order valence-corrected chi connectivity index (χ4v) is 4.53. The van der Waals surface area contributed by atoms with Crippen molar-refractivity contribution in [3.05, 3.63) is 84.0 Å². The summed E-state index contributed by atoms with van der Waals surface area (Å²) >= 11 is 0. The van der Waals surface area contributed by atoms with Crippen LogP contribution in [-0.2, 0) is 7.05 Å². The number of aryl methyl sites for hydroxylation is 1. The molecule has 0 bridgehead atoms. The van der Waals surface area contributed by atoms with Gasteiger partial charge >= 0.3 is 0 Å². The van der Waals surface area contributed by atoms with Crippen molar-refractivity contribution in [3.63, 3.8) is 0 Å². The zero-order valence-corrected chi connectivity index (χ0v) is 20.4. The van der Waals surface area contributed by atoms with Gasteiger partial charge in [0, 0.05) is 75.1 Å². The lowest BCUT2D eigenvalue weighted by molar-refractivity contribution is 0.280. The first-order valence-corrected chi connectivity index (χ1v) is 12.0. The third-order valence-corrected chi connectivity index (χ3v) is 6.53. The van der Waals surface area contributed by atoms with Gasteiger partial charge in [0.25, 0.3) is 0 Å². The Bertz CT molecular complexity index is 1370. The number of amidine groups is 1. The van der Waals surface area contributed by atoms with Crippen LogP contribution in [0.4, 0.5) is 10.3 Å². The lowest BCUT2D eigenvalue weighted by Gasteiger charge is -2.36. The highest BCUT2D eigenvalue weighted by molar-refractivity contribution is 6.01. The van der Waals surface area contributed by atoms with Gasteiger partial charge in [0.2, 0.25) is 5.95 Å². The molecular weight excluding hydrogens is 473 g/mol. The number of anilines is 1. The van der Waals surface area contributed by atoms with Crippen molar-refractivity contribution in [1.29, 1.82) is 5.41 Å². The van der Waals surface area contributed by atoms with E-state index in [0.717, 1.165) is 34.3 Å². The fourth-order valence-electron chi connectivity index (χ4n) is 4.53. The maximum absolute atomic E-state index is 13.3. The highest BCUT2D eigenvalue weighted by Gasteiger charge is 2.24. The van der Waals surface area contributed by atoms with Crippen LogP contribution < -0.4 is 4.90 Å². The molecule has 37 heavy (non-hydrogen) atoms. The maximum Gasteiger partial charge on any atom is 0.225 e. The molecule has 5 rings (SSSR count). The van der Waals surface area contributed by atoms with Crippen LogP contribution in [0, 0.1) is 11.2 Å². The first-order chi connectivity index (χ1) is 18.1. The zero-order valence-electron chi connectivity index (χ0n) is 20.4. The number of rotatable bonds is 7. The minimum atomic E-state index is -0.316. The summed E-state index contributed by atoms with van der Waals surface area (Å²) in [5.74, 6) is 0.698. The molecule has 3 aromatic heterocycles. The van der Waals surface area contributed by atoms with Crippen molar-refractivity contribution in [2.45, 2.75) is 5.92 Å². The van der Waals surface area contributed by atoms with E-state index in [4.69, 9.17) is 5.41 Å². The normalized spacial score (nSPS) is 15.2. The second-order valence-corrected chi connectivity index (χ2v) is 8.86. The van der Waals surface area contributed by atoms with E-state index in [0.29, 0.717) is 38.0 Å². The Morgan fingerprint density at radius 1 is 1.11 bits per heavy atom. The first kappa shape index (κ1) is 24.3. The van der Waals surface area contributed by atoms with Gasteiger partial charge in [-0.2, -0.15) is 5.10 Å². The van der Waals surface area contributed by atoms with E-state index in [1.165, 1.54) is 12.1 Å². The highest BCUT2D eigenvalue weighted by atomic mass is 19.1. The smallest absolute Gasteiger partial charge is 0.225 e. The van der Waals surface area contributed by atoms with Crippen molar-refractivity contribution >= 4 is 18.1 Å². The monoisotopic (exact) mass is 501 g/mol. The Kier molecular flexibility index (Phi) is 7.04. The van der Waals surface area contributed by atoms with Gasteiger partial charge in [0.05, 0.1) is 18.5 Å². The van der Waals surface area contributed by atoms with Crippen molar-refractivity contribution in [2.75, 3.05) is 37.7 Å². The third kappa shape index (κ3) is 5.26. The van der Waals surface area contributed by atoms with Crippen molar-refractivity contribution in [2.24, 2.45) is 12.0 Å². The van der Waals surface area contributed by atoms with Gasteiger partial charge in [-0.25, -0.2) is 19.4 Å². The van der Waals surface area contributed by atoms with Gasteiger partial charge in [0.1, 0.15) is 12.2 Å². The number of aliphatic hydroxyl groups excluding tert-OH is 1. The van der Waals surface area contributed by atoms with E-state index in [1.54, 1.807) is 29.2 Å². The molecule has 190 valence electrons. The molecule has 0 spiro atoms. The molecule has 0 amide bonds. The number of nitrogens with one attached hydrogen (secondary N) is 2. The highest BCUT2D eigenvalue weighted by Crippen LogP contribution is 2.25. The van der Waals surface area contributed by atoms with E-state index < -0.39 is 0 Å². The van der Waals surface area contributed by atoms with Crippen LogP contribution in [0.5, 0.6) is 0 Å². The molecular formula is C26H28FN9O. The molecule has 1 saturated heterocycles. The molecule has 1 atom stereocenters. The Balaban J connectivity index is 1.25. The van der Waals surface area contributed by atoms with E-state index >= 15 is 0 Å². The predicted octanol–water partition coefficient (Wildman–Crippen LogP) is 2.64. The molecule has 4 aromatic rings. The Labute approximate surface area is 213 Å². The van der Waals surface area contributed by atoms with Crippen molar-refractivity contribution in [1.82, 2.24) is 29.6 Å². The van der Waals surface area contributed by atoms with Crippen LogP contribution in [0.1, 0.15) is 22.7 Å². The average molecular weight is 502 g/mol. The molecule has 1 aliphatic rings. The fraction of sp³-hybridized carbons (Fsp3) is 0.269. The van der Waals surface area contributed by atoms with Gasteiger partial charge in [-0.05, 0) is 29.3 Å². The Morgan fingerprint density at radius 2 is 1.84 bits per heavy atom. The van der Waals surface area contributed by atoms with Crippen LogP contribution in [0.2, 0.25) is 0 Å². The molecule has 4 heterocycles. The topological polar surface area (TPSA) is 122 Å². The van der Waals surface area contributed by atoms with Crippen LogP contribution >= 0.6 is 0 Å². The molecule has 3 N–H and O–H groups in total. The van der Waals surface area contributed by atoms with Crippen LogP contribution in [0.3, 0.4) is 0 Å². The molecule has 1 aliphatic heterocycles. The van der Waals surface area contributed by atoms with Gasteiger partial charge in [-0.1, -0.05) is 12.1 Å². The summed E-state index contributed by atoms with van der Waals surface area (Å²) < 4.78 is 15.0. The number of nitrogens with zero attached hydrogens (tertiary/aromatic N) is 7. The molecule has 0 unspecified atom stereocenters. The summed E-state index contributed by atoms with van der Waals surface area (Å²) in [6, 6.07) is 8.12. The van der Waals surface area contributed by atoms with Gasteiger partial charge in [-0.15, -0.1) is 0 Å². The zero-order chi connectivity index (χ0) is 25.8. The second kappa shape index (κ2) is 10.7. The Morgan fingerprint density at radius 3 is 2.46 bits per heavy atom. The van der Waals surface area contributed by atoms with Crippen LogP contribution in [-0.4, -0.2) is 79.7 Å². The summed E-state index contributed by atoms with van der Waals surface area (Å²) in [5, 5.41) is 21.7. The molecule has 1 fully saturated rings. The standard InChI is InChI=1S/C26H28FN9O/c1-34-15-21(14-33-34)19-10-24(29-11-19)25(32-17-28)35-6-8-36(9-7-35)26-30-12-20(13-31-26)23(16-37)18-2-4-22(27)5-3-18/h2-5,10-15,17,23,28-29,37H,6-9,16H2,1H3/t23-/m0/s1. The minimum Gasteiger partial charge on any atom is -0.395 e. The van der Waals surface area contributed by atoms with Crippen LogP contribution in [0.15, 0.2) is 66.3 Å². The molecule has 11 heteroatoms. The number of benzene rings is 1. The lowest BCUT2D eigenvalue weighted by atomic mass is 9.94. The average Bonchev–Trinajstić information content (AvgIpc) is 3.59. The number of aromatic amines is 1. The summed E-state index contributed by atoms with van der Waals surface area (Å²) in [4.78, 5) is 21.0. The summed E-state index contributed by atoms with van der Waals surface area (Å²) in [7, 11) is 1.88. The number of aliphatic imine (C=N–C) groups is 1. The number of hydrogen-bond acceptors (Lipinski definition) is 6. The molecule has 0 aliphatic carbocycles. The molecule has 10 nitrogen and oxygen atoms in total. The minimum absolute atomic E-state index is 0.122. The maximum atomic E-state index is 13.3. The van der Waals surface area contributed by atoms with Crippen molar-refractivity contribution < 1.29 is 9.50 Å². The molecule has 0 radical (unpaired) electrons. The number of aromatic nitrogens is 5. The number of hydrogen-bond donors (Lipinski definition) is 3. The lowest BCUT2D eigenvalue weighted by Crippen LogP contribution is -2.49. The number of halogens is 1. The van der Waals surface area contributed by atoms with E-state index in [2.05, 4.69) is 34.8 Å². The SMILES string of the molecule is Cn1cc(-c2c[nH]c(C(=NC=N)N3CCN(c4ncc([C@@H](CO)c5ccc(F)cc5)cn4)CC3)c2)cn1. The van der Waals surface area contributed by atoms with Gasteiger partial charge < -0.3 is 19.9 Å². The Hall–Kier alpha value is -4.38. The van der Waals surface area contributed by atoms with Gasteiger partial charge in [-0.3, -0.25) is 10.1 Å². The predicted molar refractivity (Wildman–Crippen MR) is 139 cm³/mol. The van der Waals surface area contributed by atoms with Gasteiger partial charge in [0.15, 0.2) is 5.84 Å². The summed E-state index contributed by atoms with van der Waals surface area (Å²) in [5.41, 5.74) is 4.44. The largest absolute Gasteiger partial charge is 0.395 e. The number of aliphatic hydroxyl groups is 1. The quantitative estimate of drug-likeness (QED) is 0.264. The molecule has 1 aromatic carbocycles.